The number of hydrogen-bond acceptors (Lipinski definition) is 3. The fraction of sp³-hybridized carbons (Fsp3) is 0.588. The zero-order valence-corrected chi connectivity index (χ0v) is 13.2. The molecule has 0 saturated heterocycles. The smallest absolute Gasteiger partial charge is 0.226 e. The Morgan fingerprint density at radius 1 is 1.14 bits per heavy atom. The highest BCUT2D eigenvalue weighted by atomic mass is 16.5. The first-order valence-electron chi connectivity index (χ1n) is 7.80. The number of ether oxygens (including phenoxy) is 1. The molecule has 4 heteroatoms. The Labute approximate surface area is 127 Å². The van der Waals surface area contributed by atoms with Crippen LogP contribution < -0.4 is 10.6 Å². The monoisotopic (exact) mass is 290 g/mol. The molecule has 1 aliphatic rings. The predicted molar refractivity (Wildman–Crippen MR) is 86.6 cm³/mol. The molecule has 116 valence electrons. The molecule has 0 radical (unpaired) electrons. The molecule has 2 unspecified atom stereocenters. The molecular formula is C17H26N2O2. The quantitative estimate of drug-likeness (QED) is 0.870. The van der Waals surface area contributed by atoms with Crippen molar-refractivity contribution in [2.45, 2.75) is 51.7 Å². The summed E-state index contributed by atoms with van der Waals surface area (Å²) in [4.78, 5) is 11.7. The van der Waals surface area contributed by atoms with Crippen LogP contribution in [-0.2, 0) is 9.53 Å². The zero-order chi connectivity index (χ0) is 15.2. The summed E-state index contributed by atoms with van der Waals surface area (Å²) in [5, 5.41) is 6.45. The molecule has 0 heterocycles. The third-order valence-corrected chi connectivity index (χ3v) is 4.03. The van der Waals surface area contributed by atoms with Gasteiger partial charge in [0.05, 0.1) is 12.1 Å². The molecule has 1 saturated carbocycles. The van der Waals surface area contributed by atoms with Crippen LogP contribution >= 0.6 is 0 Å². The normalized spacial score (nSPS) is 22.1. The highest BCUT2D eigenvalue weighted by Gasteiger charge is 2.24. The van der Waals surface area contributed by atoms with Gasteiger partial charge in [0, 0.05) is 24.4 Å². The summed E-state index contributed by atoms with van der Waals surface area (Å²) in [5.74, 6) is 0.0370. The lowest BCUT2D eigenvalue weighted by molar-refractivity contribution is -0.118. The summed E-state index contributed by atoms with van der Waals surface area (Å²) in [6, 6.07) is 8.27. The van der Waals surface area contributed by atoms with Crippen molar-refractivity contribution in [2.24, 2.45) is 5.92 Å². The Morgan fingerprint density at radius 2 is 1.76 bits per heavy atom. The average Bonchev–Trinajstić information content (AvgIpc) is 2.49. The molecule has 0 bridgehead atoms. The van der Waals surface area contributed by atoms with Crippen LogP contribution in [0.25, 0.3) is 0 Å². The van der Waals surface area contributed by atoms with E-state index in [1.165, 1.54) is 12.8 Å². The lowest BCUT2D eigenvalue weighted by Gasteiger charge is -2.31. The minimum absolute atomic E-state index is 0.00694. The fourth-order valence-corrected chi connectivity index (χ4v) is 2.69. The van der Waals surface area contributed by atoms with Gasteiger partial charge in [0.1, 0.15) is 0 Å². The molecule has 1 aliphatic carbocycles. The average molecular weight is 290 g/mol. The van der Waals surface area contributed by atoms with Crippen molar-refractivity contribution in [3.8, 4) is 0 Å². The van der Waals surface area contributed by atoms with Crippen LogP contribution in [0, 0.1) is 5.92 Å². The lowest BCUT2D eigenvalue weighted by atomic mass is 9.92. The molecule has 0 spiro atoms. The molecular weight excluding hydrogens is 264 g/mol. The summed E-state index contributed by atoms with van der Waals surface area (Å²) >= 11 is 0. The van der Waals surface area contributed by atoms with Gasteiger partial charge in [0.2, 0.25) is 5.91 Å². The van der Waals surface area contributed by atoms with Crippen LogP contribution in [0.1, 0.15) is 39.5 Å². The molecule has 1 aromatic carbocycles. The lowest BCUT2D eigenvalue weighted by Crippen LogP contribution is -2.37. The number of carbonyl (C=O) groups is 1. The van der Waals surface area contributed by atoms with Crippen LogP contribution in [0.5, 0.6) is 0 Å². The second-order valence-electron chi connectivity index (χ2n) is 6.03. The van der Waals surface area contributed by atoms with Crippen molar-refractivity contribution in [1.82, 2.24) is 0 Å². The van der Waals surface area contributed by atoms with E-state index < -0.39 is 0 Å². The Hall–Kier alpha value is -1.55. The van der Waals surface area contributed by atoms with E-state index in [0.717, 1.165) is 24.2 Å². The first-order valence-corrected chi connectivity index (χ1v) is 7.80. The minimum Gasteiger partial charge on any atom is -0.380 e. The molecule has 2 N–H and O–H groups in total. The summed E-state index contributed by atoms with van der Waals surface area (Å²) in [6.45, 7) is 3.78. The van der Waals surface area contributed by atoms with Gasteiger partial charge < -0.3 is 15.4 Å². The van der Waals surface area contributed by atoms with Crippen molar-refractivity contribution < 1.29 is 9.53 Å². The maximum absolute atomic E-state index is 11.7. The van der Waals surface area contributed by atoms with Crippen LogP contribution in [0.3, 0.4) is 0 Å². The molecule has 21 heavy (non-hydrogen) atoms. The van der Waals surface area contributed by atoms with E-state index in [-0.39, 0.29) is 11.8 Å². The second kappa shape index (κ2) is 7.46. The second-order valence-corrected chi connectivity index (χ2v) is 6.03. The number of hydrogen-bond donors (Lipinski definition) is 2. The van der Waals surface area contributed by atoms with Crippen molar-refractivity contribution in [1.29, 1.82) is 0 Å². The third kappa shape index (κ3) is 4.46. The van der Waals surface area contributed by atoms with Crippen molar-refractivity contribution >= 4 is 17.3 Å². The van der Waals surface area contributed by atoms with E-state index in [0.29, 0.717) is 12.1 Å². The Morgan fingerprint density at radius 3 is 2.38 bits per heavy atom. The van der Waals surface area contributed by atoms with Crippen LogP contribution in [-0.4, -0.2) is 25.2 Å². The number of carbonyl (C=O) groups excluding carboxylic acids is 1. The highest BCUT2D eigenvalue weighted by Crippen LogP contribution is 2.24. The van der Waals surface area contributed by atoms with Gasteiger partial charge in [0.25, 0.3) is 0 Å². The number of amides is 1. The highest BCUT2D eigenvalue weighted by molar-refractivity contribution is 5.92. The van der Waals surface area contributed by atoms with Crippen molar-refractivity contribution in [2.75, 3.05) is 17.7 Å². The van der Waals surface area contributed by atoms with Gasteiger partial charge in [-0.05, 0) is 37.1 Å². The maximum Gasteiger partial charge on any atom is 0.226 e. The third-order valence-electron chi connectivity index (χ3n) is 4.03. The number of rotatable bonds is 5. The Bertz CT molecular complexity index is 456. The van der Waals surface area contributed by atoms with Crippen molar-refractivity contribution in [3.05, 3.63) is 24.3 Å². The molecule has 1 aromatic rings. The topological polar surface area (TPSA) is 50.4 Å². The first kappa shape index (κ1) is 15.8. The summed E-state index contributed by atoms with van der Waals surface area (Å²) in [5.41, 5.74) is 1.91. The van der Waals surface area contributed by atoms with Crippen LogP contribution in [0.4, 0.5) is 11.4 Å². The number of anilines is 2. The van der Waals surface area contributed by atoms with Gasteiger partial charge >= 0.3 is 0 Å². The largest absolute Gasteiger partial charge is 0.380 e. The number of benzene rings is 1. The van der Waals surface area contributed by atoms with E-state index in [4.69, 9.17) is 4.74 Å². The number of nitrogens with one attached hydrogen (secondary N) is 2. The van der Waals surface area contributed by atoms with Gasteiger partial charge in [-0.2, -0.15) is 0 Å². The molecule has 0 aromatic heterocycles. The van der Waals surface area contributed by atoms with E-state index in [1.807, 2.05) is 38.1 Å². The maximum atomic E-state index is 11.7. The Balaban J connectivity index is 1.94. The van der Waals surface area contributed by atoms with Gasteiger partial charge in [0.15, 0.2) is 0 Å². The molecule has 1 fully saturated rings. The fourth-order valence-electron chi connectivity index (χ4n) is 2.69. The first-order chi connectivity index (χ1) is 10.1. The van der Waals surface area contributed by atoms with Gasteiger partial charge in [-0.1, -0.05) is 26.7 Å². The summed E-state index contributed by atoms with van der Waals surface area (Å²) < 4.78 is 5.56. The van der Waals surface area contributed by atoms with E-state index in [1.54, 1.807) is 7.11 Å². The van der Waals surface area contributed by atoms with Crippen LogP contribution in [0.15, 0.2) is 24.3 Å². The van der Waals surface area contributed by atoms with Gasteiger partial charge in [-0.15, -0.1) is 0 Å². The molecule has 4 nitrogen and oxygen atoms in total. The molecule has 2 rings (SSSR count). The van der Waals surface area contributed by atoms with Crippen LogP contribution in [0.2, 0.25) is 0 Å². The Kier molecular flexibility index (Phi) is 5.62. The summed E-state index contributed by atoms with van der Waals surface area (Å²) in [7, 11) is 1.79. The standard InChI is InChI=1S/C17H26N2O2/c1-12(2)17(20)19-14-10-8-13(9-11-14)18-15-6-4-5-7-16(15)21-3/h8-12,15-16,18H,4-7H2,1-3H3,(H,19,20). The zero-order valence-electron chi connectivity index (χ0n) is 13.2. The molecule has 0 aliphatic heterocycles. The SMILES string of the molecule is COC1CCCCC1Nc1ccc(NC(=O)C(C)C)cc1. The van der Waals surface area contributed by atoms with Crippen molar-refractivity contribution in [3.63, 3.8) is 0 Å². The van der Waals surface area contributed by atoms with Gasteiger partial charge in [-0.3, -0.25) is 4.79 Å². The molecule has 1 amide bonds. The van der Waals surface area contributed by atoms with E-state index in [9.17, 15) is 4.79 Å². The predicted octanol–water partition coefficient (Wildman–Crippen LogP) is 3.65. The summed E-state index contributed by atoms with van der Waals surface area (Å²) in [6.07, 6.45) is 5.05. The number of methoxy groups -OCH3 is 1. The molecule has 2 atom stereocenters. The van der Waals surface area contributed by atoms with E-state index >= 15 is 0 Å². The van der Waals surface area contributed by atoms with E-state index in [2.05, 4.69) is 10.6 Å². The minimum atomic E-state index is -0.00694. The van der Waals surface area contributed by atoms with Gasteiger partial charge in [-0.25, -0.2) is 0 Å².